The molecule has 6 aromatic rings. The Morgan fingerprint density at radius 2 is 0.966 bits per heavy atom. The average molecular weight is 364 g/mol. The molecule has 0 unspecified atom stereocenters. The van der Waals surface area contributed by atoms with Gasteiger partial charge in [0.2, 0.25) is 0 Å². The Kier molecular flexibility index (Phi) is 3.17. The summed E-state index contributed by atoms with van der Waals surface area (Å²) >= 11 is 0. The third kappa shape index (κ3) is 1.96. The Morgan fingerprint density at radius 1 is 0.517 bits per heavy atom. The Morgan fingerprint density at radius 3 is 1.48 bits per heavy atom. The number of hydrogen-bond acceptors (Lipinski definition) is 0. The molecule has 0 saturated carbocycles. The van der Waals surface area contributed by atoms with Crippen LogP contribution in [0.15, 0.2) is 72.8 Å². The lowest BCUT2D eigenvalue weighted by Gasteiger charge is -2.18. The van der Waals surface area contributed by atoms with Crippen molar-refractivity contribution < 1.29 is 0 Å². The van der Waals surface area contributed by atoms with E-state index in [0.717, 1.165) is 21.9 Å². The summed E-state index contributed by atoms with van der Waals surface area (Å²) in [5, 5.41) is 12.1. The highest BCUT2D eigenvalue weighted by molar-refractivity contribution is 6.35. The fraction of sp³-hybridized carbons (Fsp3) is 0.0345. The highest BCUT2D eigenvalue weighted by atomic mass is 14.2. The Labute approximate surface area is 169 Å². The highest BCUT2D eigenvalue weighted by Crippen LogP contribution is 2.44. The van der Waals surface area contributed by atoms with Gasteiger partial charge in [-0.15, -0.1) is 12.3 Å². The molecule has 0 N–H and O–H groups in total. The second kappa shape index (κ2) is 5.75. The minimum absolute atomic E-state index is 0.971. The van der Waals surface area contributed by atoms with Gasteiger partial charge < -0.3 is 0 Å². The molecule has 0 spiro atoms. The molecule has 0 aliphatic heterocycles. The molecule has 0 fully saturated rings. The van der Waals surface area contributed by atoms with Crippen LogP contribution in [0.4, 0.5) is 0 Å². The van der Waals surface area contributed by atoms with E-state index < -0.39 is 0 Å². The van der Waals surface area contributed by atoms with Gasteiger partial charge in [-0.05, 0) is 60.8 Å². The van der Waals surface area contributed by atoms with Gasteiger partial charge in [0.15, 0.2) is 0 Å². The van der Waals surface area contributed by atoms with Crippen molar-refractivity contribution in [3.05, 3.63) is 83.9 Å². The molecule has 6 rings (SSSR count). The van der Waals surface area contributed by atoms with Gasteiger partial charge in [-0.1, -0.05) is 84.6 Å². The number of terminal acetylenes is 1. The monoisotopic (exact) mass is 364 g/mol. The van der Waals surface area contributed by atoms with Gasteiger partial charge in [0, 0.05) is 11.1 Å². The van der Waals surface area contributed by atoms with Crippen LogP contribution in [0.3, 0.4) is 0 Å². The quantitative estimate of drug-likeness (QED) is 0.151. The van der Waals surface area contributed by atoms with Crippen LogP contribution in [0.5, 0.6) is 0 Å². The van der Waals surface area contributed by atoms with Crippen molar-refractivity contribution in [1.82, 2.24) is 0 Å². The zero-order valence-corrected chi connectivity index (χ0v) is 16.0. The SMILES string of the molecule is C#Cc1c2ccccc2c2ccc3c(C#CC)c4ccccc4c4ccc1c2c34. The first-order chi connectivity index (χ1) is 14.3. The average Bonchev–Trinajstić information content (AvgIpc) is 2.78. The van der Waals surface area contributed by atoms with Crippen molar-refractivity contribution in [2.45, 2.75) is 6.92 Å². The molecule has 0 nitrogen and oxygen atoms in total. The van der Waals surface area contributed by atoms with E-state index in [-0.39, 0.29) is 0 Å². The van der Waals surface area contributed by atoms with E-state index in [2.05, 4.69) is 90.6 Å². The number of hydrogen-bond donors (Lipinski definition) is 0. The zero-order valence-electron chi connectivity index (χ0n) is 16.0. The van der Waals surface area contributed by atoms with Crippen molar-refractivity contribution in [1.29, 1.82) is 0 Å². The zero-order chi connectivity index (χ0) is 19.5. The smallest absolute Gasteiger partial charge is 0.0402 e. The summed E-state index contributed by atoms with van der Waals surface area (Å²) in [6.45, 7) is 1.90. The summed E-state index contributed by atoms with van der Waals surface area (Å²) < 4.78 is 0. The van der Waals surface area contributed by atoms with Crippen molar-refractivity contribution >= 4 is 53.9 Å². The van der Waals surface area contributed by atoms with Gasteiger partial charge in [0.05, 0.1) is 0 Å². The van der Waals surface area contributed by atoms with E-state index in [1.165, 1.54) is 43.1 Å². The minimum Gasteiger partial charge on any atom is -0.115 e. The third-order valence-electron chi connectivity index (χ3n) is 6.07. The molecule has 0 bridgehead atoms. The molecular formula is C29H16. The second-order valence-electron chi connectivity index (χ2n) is 7.43. The van der Waals surface area contributed by atoms with Crippen LogP contribution in [0.1, 0.15) is 18.1 Å². The number of benzene rings is 6. The molecule has 0 amide bonds. The van der Waals surface area contributed by atoms with Crippen LogP contribution in [-0.2, 0) is 0 Å². The van der Waals surface area contributed by atoms with Gasteiger partial charge in [0.1, 0.15) is 0 Å². The van der Waals surface area contributed by atoms with Crippen LogP contribution in [0.25, 0.3) is 53.9 Å². The lowest BCUT2D eigenvalue weighted by atomic mass is 9.84. The molecule has 0 aromatic heterocycles. The first-order valence-corrected chi connectivity index (χ1v) is 9.76. The molecule has 0 aliphatic carbocycles. The molecule has 132 valence electrons. The summed E-state index contributed by atoms with van der Waals surface area (Å²) in [5.74, 6) is 9.47. The van der Waals surface area contributed by atoms with E-state index in [0.29, 0.717) is 0 Å². The number of rotatable bonds is 0. The molecule has 0 saturated heterocycles. The molecular weight excluding hydrogens is 348 g/mol. The number of fused-ring (bicyclic) bond motifs is 4. The second-order valence-corrected chi connectivity index (χ2v) is 7.43. The molecule has 0 radical (unpaired) electrons. The molecule has 0 heteroatoms. The lowest BCUT2D eigenvalue weighted by molar-refractivity contribution is 1.74. The van der Waals surface area contributed by atoms with E-state index in [1.807, 2.05) is 6.92 Å². The summed E-state index contributed by atoms with van der Waals surface area (Å²) in [6.07, 6.45) is 6.01. The molecule has 0 aliphatic rings. The fourth-order valence-electron chi connectivity index (χ4n) is 4.94. The van der Waals surface area contributed by atoms with Crippen LogP contribution in [0, 0.1) is 24.2 Å². The summed E-state index contributed by atoms with van der Waals surface area (Å²) in [5.41, 5.74) is 2.07. The van der Waals surface area contributed by atoms with Crippen LogP contribution in [-0.4, -0.2) is 0 Å². The molecule has 0 atom stereocenters. The minimum atomic E-state index is 0.971. The van der Waals surface area contributed by atoms with E-state index in [9.17, 15) is 0 Å². The summed E-state index contributed by atoms with van der Waals surface area (Å²) in [6, 6.07) is 25.9. The molecule has 29 heavy (non-hydrogen) atoms. The van der Waals surface area contributed by atoms with Crippen LogP contribution < -0.4 is 0 Å². The van der Waals surface area contributed by atoms with Crippen molar-refractivity contribution in [2.75, 3.05) is 0 Å². The summed E-state index contributed by atoms with van der Waals surface area (Å²) in [4.78, 5) is 0. The van der Waals surface area contributed by atoms with Crippen molar-refractivity contribution in [2.24, 2.45) is 0 Å². The maximum absolute atomic E-state index is 6.01. The van der Waals surface area contributed by atoms with Crippen molar-refractivity contribution in [3.63, 3.8) is 0 Å². The highest BCUT2D eigenvalue weighted by Gasteiger charge is 2.18. The van der Waals surface area contributed by atoms with E-state index in [1.54, 1.807) is 0 Å². The van der Waals surface area contributed by atoms with Crippen molar-refractivity contribution in [3.8, 4) is 24.2 Å². The Hall–Kier alpha value is -4.00. The summed E-state index contributed by atoms with van der Waals surface area (Å²) in [7, 11) is 0. The van der Waals surface area contributed by atoms with Gasteiger partial charge in [-0.25, -0.2) is 0 Å². The van der Waals surface area contributed by atoms with Gasteiger partial charge in [0.25, 0.3) is 0 Å². The van der Waals surface area contributed by atoms with Gasteiger partial charge in [-0.2, -0.15) is 0 Å². The van der Waals surface area contributed by atoms with E-state index >= 15 is 0 Å². The topological polar surface area (TPSA) is 0 Å². The van der Waals surface area contributed by atoms with Crippen LogP contribution in [0.2, 0.25) is 0 Å². The first kappa shape index (κ1) is 16.0. The Balaban J connectivity index is 2.04. The molecule has 0 heterocycles. The maximum atomic E-state index is 6.01. The lowest BCUT2D eigenvalue weighted by Crippen LogP contribution is -1.93. The molecule has 6 aromatic carbocycles. The maximum Gasteiger partial charge on any atom is 0.0402 e. The van der Waals surface area contributed by atoms with Gasteiger partial charge in [-0.3, -0.25) is 0 Å². The normalized spacial score (nSPS) is 11.3. The Bertz CT molecular complexity index is 1710. The fourth-order valence-corrected chi connectivity index (χ4v) is 4.94. The first-order valence-electron chi connectivity index (χ1n) is 9.76. The van der Waals surface area contributed by atoms with Crippen LogP contribution >= 0.6 is 0 Å². The van der Waals surface area contributed by atoms with Gasteiger partial charge >= 0.3 is 0 Å². The largest absolute Gasteiger partial charge is 0.115 e. The van der Waals surface area contributed by atoms with E-state index in [4.69, 9.17) is 6.42 Å². The predicted molar refractivity (Wildman–Crippen MR) is 126 cm³/mol. The standard InChI is InChI=1S/C29H16/c1-3-9-19-21-11-6-8-13-23(21)27-15-14-24-18(4-2)20-10-5-7-12-22(20)26-17-16-25(19)29(27)28(24)26/h2,5-8,10-17H,1H3. The third-order valence-corrected chi connectivity index (χ3v) is 6.07. The predicted octanol–water partition coefficient (Wildman–Crippen LogP) is 7.24.